The van der Waals surface area contributed by atoms with Gasteiger partial charge in [0.05, 0.1) is 6.54 Å². The molecule has 0 radical (unpaired) electrons. The van der Waals surface area contributed by atoms with Gasteiger partial charge in [0.25, 0.3) is 11.8 Å². The van der Waals surface area contributed by atoms with E-state index < -0.39 is 11.6 Å². The van der Waals surface area contributed by atoms with Crippen molar-refractivity contribution in [2.75, 3.05) is 32.7 Å². The third-order valence-electron chi connectivity index (χ3n) is 7.41. The van der Waals surface area contributed by atoms with E-state index in [1.165, 1.54) is 11.1 Å². The maximum atomic E-state index is 12.9. The number of carbonyl (C=O) groups excluding carboxylic acids is 3. The van der Waals surface area contributed by atoms with Crippen LogP contribution in [0.5, 0.6) is 0 Å². The number of nitrogens with one attached hydrogen (secondary N) is 2. The largest absolute Gasteiger partial charge is 0.344 e. The van der Waals surface area contributed by atoms with Crippen LogP contribution in [-0.2, 0) is 16.1 Å². The van der Waals surface area contributed by atoms with Crippen LogP contribution in [0.15, 0.2) is 24.3 Å². The molecule has 8 nitrogen and oxygen atoms in total. The van der Waals surface area contributed by atoms with Crippen molar-refractivity contribution >= 4 is 17.8 Å². The number of carbonyl (C=O) groups is 3. The van der Waals surface area contributed by atoms with Gasteiger partial charge in [0.15, 0.2) is 0 Å². The van der Waals surface area contributed by atoms with Crippen LogP contribution in [0.2, 0.25) is 0 Å². The second-order valence-electron chi connectivity index (χ2n) is 10.3. The van der Waals surface area contributed by atoms with Gasteiger partial charge in [-0.2, -0.15) is 5.01 Å². The molecule has 1 spiro atoms. The molecule has 4 rings (SSSR count). The molecule has 2 N–H and O–H groups in total. The topological polar surface area (TPSA) is 85.0 Å². The van der Waals surface area contributed by atoms with Crippen molar-refractivity contribution in [3.05, 3.63) is 35.4 Å². The Morgan fingerprint density at radius 1 is 1.06 bits per heavy atom. The number of piperazine rings is 1. The van der Waals surface area contributed by atoms with Gasteiger partial charge in [-0.25, -0.2) is 4.79 Å². The van der Waals surface area contributed by atoms with E-state index >= 15 is 0 Å². The molecule has 2 heterocycles. The van der Waals surface area contributed by atoms with Crippen molar-refractivity contribution in [1.29, 1.82) is 0 Å². The summed E-state index contributed by atoms with van der Waals surface area (Å²) >= 11 is 0. The summed E-state index contributed by atoms with van der Waals surface area (Å²) in [7, 11) is 0. The zero-order chi connectivity index (χ0) is 23.6. The SMILES string of the molecule is CC1CCC2(CC1)NC(=O)N(NC(=O)CN1CCN(Cc3ccc(C(C)C)cc3)CC1)C2=O. The molecule has 0 atom stereocenters. The Morgan fingerprint density at radius 3 is 2.27 bits per heavy atom. The highest BCUT2D eigenvalue weighted by Gasteiger charge is 2.52. The van der Waals surface area contributed by atoms with Crippen molar-refractivity contribution in [2.24, 2.45) is 5.92 Å². The number of nitrogens with zero attached hydrogens (tertiary/aromatic N) is 3. The first kappa shape index (κ1) is 23.7. The van der Waals surface area contributed by atoms with E-state index in [0.717, 1.165) is 50.6 Å². The van der Waals surface area contributed by atoms with Crippen LogP contribution in [0.3, 0.4) is 0 Å². The number of urea groups is 1. The first-order chi connectivity index (χ1) is 15.8. The Morgan fingerprint density at radius 2 is 1.67 bits per heavy atom. The average molecular weight is 456 g/mol. The number of amides is 4. The minimum absolute atomic E-state index is 0.179. The molecule has 4 amide bonds. The normalized spacial score (nSPS) is 26.8. The molecule has 0 unspecified atom stereocenters. The van der Waals surface area contributed by atoms with Gasteiger partial charge in [-0.3, -0.25) is 24.8 Å². The molecule has 0 aromatic heterocycles. The Bertz CT molecular complexity index is 869. The molecular weight excluding hydrogens is 418 g/mol. The van der Waals surface area contributed by atoms with E-state index in [2.05, 4.69) is 65.6 Å². The zero-order valence-corrected chi connectivity index (χ0v) is 20.1. The van der Waals surface area contributed by atoms with Gasteiger partial charge in [0, 0.05) is 32.7 Å². The van der Waals surface area contributed by atoms with E-state index in [1.54, 1.807) is 0 Å². The van der Waals surface area contributed by atoms with E-state index in [9.17, 15) is 14.4 Å². The van der Waals surface area contributed by atoms with Gasteiger partial charge < -0.3 is 5.32 Å². The Balaban J connectivity index is 1.22. The minimum atomic E-state index is -0.837. The maximum absolute atomic E-state index is 12.9. The highest BCUT2D eigenvalue weighted by atomic mass is 16.2. The second kappa shape index (κ2) is 9.81. The molecule has 3 fully saturated rings. The summed E-state index contributed by atoms with van der Waals surface area (Å²) in [5.74, 6) is 0.452. The predicted octanol–water partition coefficient (Wildman–Crippen LogP) is 2.46. The van der Waals surface area contributed by atoms with E-state index in [1.807, 2.05) is 0 Å². The van der Waals surface area contributed by atoms with Crippen LogP contribution >= 0.6 is 0 Å². The second-order valence-corrected chi connectivity index (χ2v) is 10.3. The zero-order valence-electron chi connectivity index (χ0n) is 20.1. The maximum Gasteiger partial charge on any atom is 0.344 e. The van der Waals surface area contributed by atoms with E-state index in [-0.39, 0.29) is 18.4 Å². The minimum Gasteiger partial charge on any atom is -0.322 e. The lowest BCUT2D eigenvalue weighted by Gasteiger charge is -2.34. The number of imide groups is 1. The summed E-state index contributed by atoms with van der Waals surface area (Å²) in [4.78, 5) is 42.4. The van der Waals surface area contributed by atoms with Crippen molar-refractivity contribution in [3.8, 4) is 0 Å². The third-order valence-corrected chi connectivity index (χ3v) is 7.41. The predicted molar refractivity (Wildman–Crippen MR) is 126 cm³/mol. The molecular formula is C25H37N5O3. The van der Waals surface area contributed by atoms with Crippen molar-refractivity contribution in [2.45, 2.75) is 64.5 Å². The molecule has 2 aliphatic heterocycles. The first-order valence-electron chi connectivity index (χ1n) is 12.3. The Kier molecular flexibility index (Phi) is 7.05. The molecule has 33 heavy (non-hydrogen) atoms. The van der Waals surface area contributed by atoms with Crippen molar-refractivity contribution in [3.63, 3.8) is 0 Å². The molecule has 1 aromatic carbocycles. The number of rotatable bonds is 6. The molecule has 1 saturated carbocycles. The van der Waals surface area contributed by atoms with Crippen LogP contribution < -0.4 is 10.7 Å². The van der Waals surface area contributed by atoms with Gasteiger partial charge in [-0.05, 0) is 48.6 Å². The van der Waals surface area contributed by atoms with Gasteiger partial charge in [-0.15, -0.1) is 0 Å². The van der Waals surface area contributed by atoms with Crippen LogP contribution in [0, 0.1) is 5.92 Å². The van der Waals surface area contributed by atoms with Gasteiger partial charge in [-0.1, -0.05) is 45.0 Å². The van der Waals surface area contributed by atoms with Gasteiger partial charge in [0.1, 0.15) is 5.54 Å². The number of hydrogen-bond acceptors (Lipinski definition) is 5. The van der Waals surface area contributed by atoms with Gasteiger partial charge >= 0.3 is 6.03 Å². The summed E-state index contributed by atoms with van der Waals surface area (Å²) in [6, 6.07) is 8.29. The Labute approximate surface area is 196 Å². The summed E-state index contributed by atoms with van der Waals surface area (Å²) < 4.78 is 0. The number of hydrazine groups is 1. The molecule has 8 heteroatoms. The van der Waals surface area contributed by atoms with Crippen LogP contribution in [0.1, 0.15) is 63.5 Å². The monoisotopic (exact) mass is 455 g/mol. The number of hydrogen-bond donors (Lipinski definition) is 2. The third kappa shape index (κ3) is 5.38. The summed E-state index contributed by atoms with van der Waals surface area (Å²) in [6.07, 6.45) is 3.07. The molecule has 180 valence electrons. The molecule has 3 aliphatic rings. The Hall–Kier alpha value is -2.45. The lowest BCUT2D eigenvalue weighted by molar-refractivity contribution is -0.140. The summed E-state index contributed by atoms with van der Waals surface area (Å²) in [5, 5.41) is 3.74. The van der Waals surface area contributed by atoms with Crippen LogP contribution in [0.4, 0.5) is 4.79 Å². The summed E-state index contributed by atoms with van der Waals surface area (Å²) in [6.45, 7) is 11.0. The quantitative estimate of drug-likeness (QED) is 0.644. The van der Waals surface area contributed by atoms with E-state index in [0.29, 0.717) is 24.7 Å². The van der Waals surface area contributed by atoms with E-state index in [4.69, 9.17) is 0 Å². The lowest BCUT2D eigenvalue weighted by Crippen LogP contribution is -2.54. The molecule has 2 saturated heterocycles. The smallest absolute Gasteiger partial charge is 0.322 e. The van der Waals surface area contributed by atoms with Crippen LogP contribution in [-0.4, -0.2) is 70.9 Å². The fourth-order valence-corrected chi connectivity index (χ4v) is 5.05. The van der Waals surface area contributed by atoms with Crippen molar-refractivity contribution < 1.29 is 14.4 Å². The average Bonchev–Trinajstić information content (AvgIpc) is 3.01. The molecule has 1 aliphatic carbocycles. The van der Waals surface area contributed by atoms with Gasteiger partial charge in [0.2, 0.25) is 0 Å². The number of benzene rings is 1. The lowest BCUT2D eigenvalue weighted by atomic mass is 9.77. The highest BCUT2D eigenvalue weighted by Crippen LogP contribution is 2.35. The summed E-state index contributed by atoms with van der Waals surface area (Å²) in [5.41, 5.74) is 4.37. The highest BCUT2D eigenvalue weighted by molar-refractivity contribution is 6.08. The van der Waals surface area contributed by atoms with Crippen molar-refractivity contribution in [1.82, 2.24) is 25.6 Å². The fourth-order valence-electron chi connectivity index (χ4n) is 5.05. The molecule has 1 aromatic rings. The standard InChI is InChI=1S/C25H37N5O3/c1-18(2)21-6-4-20(5-7-21)16-28-12-14-29(15-13-28)17-22(31)27-30-23(32)25(26-24(30)33)10-8-19(3)9-11-25/h4-7,18-19H,8-17H2,1-3H3,(H,26,33)(H,27,31). The fraction of sp³-hybridized carbons (Fsp3) is 0.640. The molecule has 0 bridgehead atoms. The van der Waals surface area contributed by atoms with Crippen LogP contribution in [0.25, 0.3) is 0 Å². The first-order valence-corrected chi connectivity index (χ1v) is 12.3.